The average molecular weight is 420 g/mol. The van der Waals surface area contributed by atoms with Crippen LogP contribution in [0.1, 0.15) is 30.9 Å². The Hall–Kier alpha value is -1.24. The SMILES string of the molecule is CCC1=CC([I-]/C=C(\NC)c2ccccc2C(F)(F)F)=CC1. The summed E-state index contributed by atoms with van der Waals surface area (Å²) in [6, 6.07) is 5.70. The van der Waals surface area contributed by atoms with Gasteiger partial charge >= 0.3 is 139 Å². The van der Waals surface area contributed by atoms with Gasteiger partial charge in [0, 0.05) is 0 Å². The van der Waals surface area contributed by atoms with Gasteiger partial charge in [-0.15, -0.1) is 0 Å². The Morgan fingerprint density at radius 1 is 1.32 bits per heavy atom. The van der Waals surface area contributed by atoms with E-state index in [1.807, 2.05) is 4.08 Å². The zero-order valence-electron chi connectivity index (χ0n) is 12.5. The van der Waals surface area contributed by atoms with Gasteiger partial charge in [0.1, 0.15) is 0 Å². The standard InChI is InChI=1S/C17H18F3IN/c1-3-12-8-9-13(10-12)21-11-16(22-2)14-6-4-5-7-15(14)17(18,19)20/h4-7,9-11,22H,3,8H2,1-2H3/q-1/b16-11-. The minimum absolute atomic E-state index is 0.218. The molecule has 0 saturated carbocycles. The van der Waals surface area contributed by atoms with Gasteiger partial charge in [0.2, 0.25) is 0 Å². The van der Waals surface area contributed by atoms with Crippen molar-refractivity contribution in [2.75, 3.05) is 7.05 Å². The quantitative estimate of drug-likeness (QED) is 0.719. The summed E-state index contributed by atoms with van der Waals surface area (Å²) < 4.78 is 42.6. The molecule has 1 aromatic rings. The molecule has 1 aliphatic carbocycles. The maximum atomic E-state index is 13.1. The molecule has 0 radical (unpaired) electrons. The van der Waals surface area contributed by atoms with Gasteiger partial charge in [-0.3, -0.25) is 0 Å². The van der Waals surface area contributed by atoms with Crippen LogP contribution in [0.5, 0.6) is 0 Å². The van der Waals surface area contributed by atoms with Crippen molar-refractivity contribution in [3.63, 3.8) is 0 Å². The monoisotopic (exact) mass is 420 g/mol. The fourth-order valence-corrected chi connectivity index (χ4v) is 4.61. The maximum absolute atomic E-state index is 13.1. The molecule has 5 heteroatoms. The summed E-state index contributed by atoms with van der Waals surface area (Å²) in [5.74, 6) is 0. The second kappa shape index (κ2) is 7.35. The summed E-state index contributed by atoms with van der Waals surface area (Å²) in [5, 5.41) is 2.92. The molecule has 1 nitrogen and oxygen atoms in total. The number of nitrogens with one attached hydrogen (secondary N) is 1. The number of halogens is 4. The van der Waals surface area contributed by atoms with Crippen LogP contribution < -0.4 is 26.5 Å². The van der Waals surface area contributed by atoms with Gasteiger partial charge in [-0.25, -0.2) is 0 Å². The Morgan fingerprint density at radius 2 is 2.05 bits per heavy atom. The molecule has 0 amide bonds. The Balaban J connectivity index is 2.26. The summed E-state index contributed by atoms with van der Waals surface area (Å²) in [5.41, 5.74) is 1.57. The summed E-state index contributed by atoms with van der Waals surface area (Å²) in [6.45, 7) is 2.12. The van der Waals surface area contributed by atoms with E-state index >= 15 is 0 Å². The van der Waals surface area contributed by atoms with E-state index in [0.717, 1.165) is 18.9 Å². The number of hydrogen-bond acceptors (Lipinski definition) is 1. The topological polar surface area (TPSA) is 12.0 Å². The van der Waals surface area contributed by atoms with E-state index in [0.29, 0.717) is 5.70 Å². The molecule has 0 heterocycles. The minimum atomic E-state index is -4.34. The third-order valence-electron chi connectivity index (χ3n) is 3.44. The van der Waals surface area contributed by atoms with E-state index in [-0.39, 0.29) is 5.56 Å². The number of allylic oxidation sites excluding steroid dienone is 4. The molecule has 1 aromatic carbocycles. The zero-order chi connectivity index (χ0) is 16.2. The fraction of sp³-hybridized carbons (Fsp3) is 0.294. The number of benzene rings is 1. The van der Waals surface area contributed by atoms with E-state index in [2.05, 4.69) is 24.4 Å². The first-order valence-corrected chi connectivity index (χ1v) is 9.35. The molecule has 0 unspecified atom stereocenters. The molecule has 22 heavy (non-hydrogen) atoms. The summed E-state index contributed by atoms with van der Waals surface area (Å²) in [6.07, 6.45) is 2.04. The second-order valence-electron chi connectivity index (χ2n) is 4.87. The third-order valence-corrected chi connectivity index (χ3v) is 5.84. The predicted molar refractivity (Wildman–Crippen MR) is 79.6 cm³/mol. The second-order valence-corrected chi connectivity index (χ2v) is 7.37. The zero-order valence-corrected chi connectivity index (χ0v) is 14.6. The summed E-state index contributed by atoms with van der Waals surface area (Å²) in [7, 11) is 1.67. The van der Waals surface area contributed by atoms with Crippen LogP contribution in [0.15, 0.2) is 49.7 Å². The van der Waals surface area contributed by atoms with Gasteiger partial charge in [-0.05, 0) is 0 Å². The molecule has 1 N–H and O–H groups in total. The third kappa shape index (κ3) is 4.15. The molecule has 120 valence electrons. The number of hydrogen-bond donors (Lipinski definition) is 1. The Labute approximate surface area is 139 Å². The van der Waals surface area contributed by atoms with E-state index in [4.69, 9.17) is 0 Å². The summed E-state index contributed by atoms with van der Waals surface area (Å²) >= 11 is -0.441. The fourth-order valence-electron chi connectivity index (χ4n) is 2.19. The van der Waals surface area contributed by atoms with Gasteiger partial charge in [0.05, 0.1) is 0 Å². The van der Waals surface area contributed by atoms with E-state index < -0.39 is 32.9 Å². The van der Waals surface area contributed by atoms with Crippen LogP contribution in [0.3, 0.4) is 0 Å². The molecule has 0 fully saturated rings. The molecule has 1 aliphatic rings. The molecule has 0 spiro atoms. The van der Waals surface area contributed by atoms with Gasteiger partial charge in [0.25, 0.3) is 0 Å². The van der Waals surface area contributed by atoms with Crippen molar-refractivity contribution < 1.29 is 34.4 Å². The van der Waals surface area contributed by atoms with Crippen LogP contribution in [0, 0.1) is 0 Å². The number of alkyl halides is 3. The molecule has 2 rings (SSSR count). The van der Waals surface area contributed by atoms with E-state index in [1.54, 1.807) is 13.1 Å². The van der Waals surface area contributed by atoms with Crippen molar-refractivity contribution in [2.24, 2.45) is 0 Å². The van der Waals surface area contributed by atoms with Crippen LogP contribution in [-0.2, 0) is 6.18 Å². The van der Waals surface area contributed by atoms with Crippen LogP contribution in [0.2, 0.25) is 0 Å². The van der Waals surface area contributed by atoms with E-state index in [1.165, 1.54) is 21.3 Å². The molecule has 0 atom stereocenters. The first kappa shape index (κ1) is 17.1. The Bertz CT molecular complexity index is 627. The van der Waals surface area contributed by atoms with Crippen molar-refractivity contribution >= 4 is 5.70 Å². The van der Waals surface area contributed by atoms with Crippen LogP contribution in [-0.4, -0.2) is 7.05 Å². The average Bonchev–Trinajstić information content (AvgIpc) is 2.95. The molecule has 0 saturated heterocycles. The van der Waals surface area contributed by atoms with Gasteiger partial charge < -0.3 is 0 Å². The molecular weight excluding hydrogens is 402 g/mol. The first-order valence-electron chi connectivity index (χ1n) is 7.03. The van der Waals surface area contributed by atoms with E-state index in [9.17, 15) is 13.2 Å². The van der Waals surface area contributed by atoms with Crippen LogP contribution in [0.4, 0.5) is 13.2 Å². The van der Waals surface area contributed by atoms with Gasteiger partial charge in [-0.2, -0.15) is 0 Å². The van der Waals surface area contributed by atoms with Crippen molar-refractivity contribution in [3.8, 4) is 0 Å². The normalized spacial score (nSPS) is 15.8. The van der Waals surface area contributed by atoms with Crippen LogP contribution in [0.25, 0.3) is 5.70 Å². The number of rotatable bonds is 5. The summed E-state index contributed by atoms with van der Waals surface area (Å²) in [4.78, 5) is 0. The van der Waals surface area contributed by atoms with Gasteiger partial charge in [-0.1, -0.05) is 0 Å². The van der Waals surface area contributed by atoms with Gasteiger partial charge in [0.15, 0.2) is 0 Å². The molecular formula is C17H18F3IN-. The van der Waals surface area contributed by atoms with Crippen molar-refractivity contribution in [3.05, 3.63) is 60.8 Å². The predicted octanol–water partition coefficient (Wildman–Crippen LogP) is 1.94. The first-order chi connectivity index (χ1) is 10.5. The van der Waals surface area contributed by atoms with Crippen molar-refractivity contribution in [1.29, 1.82) is 0 Å². The van der Waals surface area contributed by atoms with Crippen molar-refractivity contribution in [2.45, 2.75) is 25.9 Å². The van der Waals surface area contributed by atoms with Crippen LogP contribution >= 0.6 is 0 Å². The molecule has 0 aromatic heterocycles. The molecule has 0 bridgehead atoms. The Morgan fingerprint density at radius 3 is 2.64 bits per heavy atom. The Kier molecular flexibility index (Phi) is 5.72. The molecule has 0 aliphatic heterocycles. The van der Waals surface area contributed by atoms with Crippen molar-refractivity contribution in [1.82, 2.24) is 5.32 Å².